The number of hydrogen-bond donors (Lipinski definition) is 0. The summed E-state index contributed by atoms with van der Waals surface area (Å²) in [6, 6.07) is 35.8. The van der Waals surface area contributed by atoms with Crippen molar-refractivity contribution in [2.45, 2.75) is 0 Å². The highest BCUT2D eigenvalue weighted by molar-refractivity contribution is 6.70. The maximum Gasteiger partial charge on any atom is 0.164 e. The number of fused-ring (bicyclic) bond motifs is 3. The van der Waals surface area contributed by atoms with Crippen molar-refractivity contribution in [1.29, 1.82) is 0 Å². The largest absolute Gasteiger partial charge is 0.457 e. The summed E-state index contributed by atoms with van der Waals surface area (Å²) in [6.07, 6.45) is 0. The summed E-state index contributed by atoms with van der Waals surface area (Å²) in [7, 11) is 72.8. The van der Waals surface area contributed by atoms with Crippen LogP contribution >= 0.6 is 0 Å². The Bertz CT molecular complexity index is 3060. The fraction of sp³-hybridized carbons (Fsp3) is 0. The third-order valence-corrected chi connectivity index (χ3v) is 10.9. The van der Waals surface area contributed by atoms with Crippen molar-refractivity contribution < 1.29 is 4.42 Å². The monoisotopic (exact) mass is 737 g/mol. The van der Waals surface area contributed by atoms with Crippen LogP contribution in [0.3, 0.4) is 0 Å². The van der Waals surface area contributed by atoms with E-state index in [0.29, 0.717) is 17.0 Å². The Kier molecular flexibility index (Phi) is 10.1. The standard InChI is InChI=1S/C45H18B11N3O/c46-30-25(26-32(48)33(49)27-28-34(50)38(54)39(55)40(56)42(28)60-41(27)37(26)53)31(47)36(52)29(35(30)51)45-58-43(23-15-11-21(12-16-23)19-7-3-1-4-8-19)57-44(59-45)24-17-13-22(14-18-24)20-9-5-2-6-10-20/h1-18H. The first-order chi connectivity index (χ1) is 28.8. The van der Waals surface area contributed by atoms with Gasteiger partial charge in [-0.2, -0.15) is 0 Å². The van der Waals surface area contributed by atoms with E-state index in [4.69, 9.17) is 106 Å². The normalized spacial score (nSPS) is 11.4. The Morgan fingerprint density at radius 1 is 0.267 bits per heavy atom. The van der Waals surface area contributed by atoms with Gasteiger partial charge in [-0.15, -0.1) is 10.9 Å². The maximum atomic E-state index is 6.90. The summed E-state index contributed by atoms with van der Waals surface area (Å²) in [5, 5.41) is 0.589. The van der Waals surface area contributed by atoms with Gasteiger partial charge in [-0.1, -0.05) is 153 Å². The molecule has 22 radical (unpaired) electrons. The summed E-state index contributed by atoms with van der Waals surface area (Å²) in [6.45, 7) is 0. The molecule has 0 aliphatic rings. The molecule has 252 valence electrons. The van der Waals surface area contributed by atoms with Crippen LogP contribution in [0, 0.1) is 0 Å². The minimum atomic E-state index is -0.0135. The van der Waals surface area contributed by atoms with Gasteiger partial charge in [0, 0.05) is 27.5 Å². The van der Waals surface area contributed by atoms with Gasteiger partial charge < -0.3 is 4.42 Å². The molecule has 9 rings (SSSR count). The second-order valence-corrected chi connectivity index (χ2v) is 14.4. The Morgan fingerprint density at radius 2 is 0.583 bits per heavy atom. The molecular weight excluding hydrogens is 717 g/mol. The zero-order valence-electron chi connectivity index (χ0n) is 32.0. The van der Waals surface area contributed by atoms with Crippen LogP contribution in [-0.2, 0) is 0 Å². The molecule has 15 heteroatoms. The molecule has 4 nitrogen and oxygen atoms in total. The second-order valence-electron chi connectivity index (χ2n) is 14.4. The second kappa shape index (κ2) is 15.3. The molecule has 0 saturated heterocycles. The molecule has 60 heavy (non-hydrogen) atoms. The number of rotatable bonds is 6. The topological polar surface area (TPSA) is 51.8 Å². The van der Waals surface area contributed by atoms with Crippen molar-refractivity contribution >= 4 is 168 Å². The first-order valence-corrected chi connectivity index (χ1v) is 18.6. The van der Waals surface area contributed by atoms with Gasteiger partial charge in [-0.25, -0.2) is 15.0 Å². The predicted molar refractivity (Wildman–Crippen MR) is 259 cm³/mol. The van der Waals surface area contributed by atoms with E-state index < -0.39 is 0 Å². The van der Waals surface area contributed by atoms with Gasteiger partial charge in [-0.3, -0.25) is 0 Å². The molecule has 2 heterocycles. The number of aromatic nitrogens is 3. The van der Waals surface area contributed by atoms with Crippen molar-refractivity contribution in [3.05, 3.63) is 109 Å². The minimum Gasteiger partial charge on any atom is -0.457 e. The van der Waals surface area contributed by atoms with Gasteiger partial charge in [0.1, 0.15) is 97.5 Å². The van der Waals surface area contributed by atoms with E-state index in [9.17, 15) is 0 Å². The summed E-state index contributed by atoms with van der Waals surface area (Å²) >= 11 is 0. The quantitative estimate of drug-likeness (QED) is 0.196. The highest BCUT2D eigenvalue weighted by atomic mass is 16.3. The summed E-state index contributed by atoms with van der Waals surface area (Å²) < 4.78 is 6.17. The molecule has 0 fully saturated rings. The zero-order chi connectivity index (χ0) is 42.1. The molecule has 0 aliphatic heterocycles. The molecular formula is C45H18B11N3O. The molecule has 2 aromatic heterocycles. The van der Waals surface area contributed by atoms with Crippen LogP contribution in [0.5, 0.6) is 0 Å². The van der Waals surface area contributed by atoms with Gasteiger partial charge in [-0.05, 0) is 38.8 Å². The third kappa shape index (κ3) is 6.36. The van der Waals surface area contributed by atoms with Crippen LogP contribution in [-0.4, -0.2) is 101 Å². The lowest BCUT2D eigenvalue weighted by atomic mass is 9.59. The van der Waals surface area contributed by atoms with Gasteiger partial charge in [0.15, 0.2) is 17.5 Å². The molecule has 0 unspecified atom stereocenters. The summed E-state index contributed by atoms with van der Waals surface area (Å²) in [5.41, 5.74) is 6.59. The number of nitrogens with zero attached hydrogens (tertiary/aromatic N) is 3. The van der Waals surface area contributed by atoms with E-state index in [0.717, 1.165) is 33.4 Å². The highest BCUT2D eigenvalue weighted by Crippen LogP contribution is 2.29. The molecule has 0 spiro atoms. The summed E-state index contributed by atoms with van der Waals surface area (Å²) in [5.74, 6) is 0.847. The third-order valence-electron chi connectivity index (χ3n) is 10.9. The van der Waals surface area contributed by atoms with E-state index in [1.54, 1.807) is 0 Å². The van der Waals surface area contributed by atoms with E-state index in [1.165, 1.54) is 0 Å². The molecule has 9 aromatic rings. The predicted octanol–water partition coefficient (Wildman–Crippen LogP) is -1.50. The van der Waals surface area contributed by atoms with Gasteiger partial charge in [0.05, 0.1) is 0 Å². The molecule has 0 aliphatic carbocycles. The van der Waals surface area contributed by atoms with Crippen LogP contribution in [0.1, 0.15) is 0 Å². The minimum absolute atomic E-state index is 0.00338. The van der Waals surface area contributed by atoms with E-state index in [2.05, 4.69) is 0 Å². The Hall–Kier alpha value is -5.94. The lowest BCUT2D eigenvalue weighted by Gasteiger charge is -2.26. The molecule has 0 bridgehead atoms. The average Bonchev–Trinajstić information content (AvgIpc) is 3.70. The van der Waals surface area contributed by atoms with Gasteiger partial charge >= 0.3 is 0 Å². The van der Waals surface area contributed by atoms with Gasteiger partial charge in [0.25, 0.3) is 0 Å². The van der Waals surface area contributed by atoms with Crippen LogP contribution in [0.15, 0.2) is 114 Å². The van der Waals surface area contributed by atoms with Crippen LogP contribution in [0.2, 0.25) is 0 Å². The zero-order valence-corrected chi connectivity index (χ0v) is 32.0. The highest BCUT2D eigenvalue weighted by Gasteiger charge is 2.25. The molecule has 0 amide bonds. The first kappa shape index (κ1) is 39.5. The molecule has 0 N–H and O–H groups in total. The maximum absolute atomic E-state index is 6.90. The van der Waals surface area contributed by atoms with Crippen LogP contribution in [0.25, 0.3) is 89.5 Å². The van der Waals surface area contributed by atoms with Crippen molar-refractivity contribution in [3.63, 3.8) is 0 Å². The first-order valence-electron chi connectivity index (χ1n) is 18.6. The van der Waals surface area contributed by atoms with E-state index in [-0.39, 0.29) is 99.2 Å². The Labute approximate surface area is 362 Å². The molecule has 0 atom stereocenters. The van der Waals surface area contributed by atoms with Crippen molar-refractivity contribution in [2.75, 3.05) is 0 Å². The average molecular weight is 736 g/mol. The van der Waals surface area contributed by atoms with Gasteiger partial charge in [0.2, 0.25) is 0 Å². The SMILES string of the molecule is [B]c1c([B])c(-c2c([B])c([B])c3c(oc4c([B])c([B])c([B])c([B])c43)c2[B])c([B])c([B])c1-c1nc(-c2ccc(-c3ccccc3)cc2)nc(-c2ccc(-c3ccccc3)cc2)n1. The smallest absolute Gasteiger partial charge is 0.164 e. The fourth-order valence-electron chi connectivity index (χ4n) is 7.64. The van der Waals surface area contributed by atoms with Crippen LogP contribution in [0.4, 0.5) is 0 Å². The Balaban J connectivity index is 1.23. The number of furan rings is 1. The van der Waals surface area contributed by atoms with Crippen molar-refractivity contribution in [3.8, 4) is 67.5 Å². The number of hydrogen-bond acceptors (Lipinski definition) is 4. The Morgan fingerprint density at radius 3 is 1.05 bits per heavy atom. The van der Waals surface area contributed by atoms with E-state index in [1.807, 2.05) is 109 Å². The lowest BCUT2D eigenvalue weighted by molar-refractivity contribution is 0.675. The molecule has 0 saturated carbocycles. The lowest BCUT2D eigenvalue weighted by Crippen LogP contribution is -2.48. The van der Waals surface area contributed by atoms with Crippen LogP contribution < -0.4 is 60.1 Å². The van der Waals surface area contributed by atoms with Crippen molar-refractivity contribution in [2.24, 2.45) is 0 Å². The fourth-order valence-corrected chi connectivity index (χ4v) is 7.64. The molecule has 7 aromatic carbocycles. The summed E-state index contributed by atoms with van der Waals surface area (Å²) in [4.78, 5) is 14.7. The van der Waals surface area contributed by atoms with E-state index >= 15 is 0 Å². The van der Waals surface area contributed by atoms with Crippen molar-refractivity contribution in [1.82, 2.24) is 15.0 Å². The number of benzene rings is 7.